The number of rotatable bonds is 3. The summed E-state index contributed by atoms with van der Waals surface area (Å²) in [6, 6.07) is 5.11. The Morgan fingerprint density at radius 2 is 1.93 bits per heavy atom. The molecule has 0 radical (unpaired) electrons. The molecule has 0 bridgehead atoms. The summed E-state index contributed by atoms with van der Waals surface area (Å²) in [4.78, 5) is 0. The number of benzene rings is 1. The van der Waals surface area contributed by atoms with Crippen LogP contribution in [0.5, 0.6) is 0 Å². The molecule has 0 aliphatic heterocycles. The number of methoxy groups -OCH3 is 1. The highest BCUT2D eigenvalue weighted by Crippen LogP contribution is 2.32. The molecule has 0 amide bonds. The average molecular weight is 220 g/mol. The third kappa shape index (κ3) is 3.21. The lowest BCUT2D eigenvalue weighted by molar-refractivity contribution is -0.139. The van der Waals surface area contributed by atoms with Crippen LogP contribution in [-0.4, -0.2) is 18.5 Å². The molecule has 0 saturated carbocycles. The van der Waals surface area contributed by atoms with Crippen molar-refractivity contribution in [2.45, 2.75) is 18.9 Å². The highest BCUT2D eigenvalue weighted by Gasteiger charge is 2.33. The molecule has 1 atom stereocenters. The summed E-state index contributed by atoms with van der Waals surface area (Å²) >= 11 is 0. The van der Waals surface area contributed by atoms with Crippen LogP contribution in [0, 0.1) is 0 Å². The van der Waals surface area contributed by atoms with Crippen LogP contribution < -0.4 is 0 Å². The SMILES string of the molecule is COC(O)Cc1ccccc1C(F)(F)F. The second-order valence-electron chi connectivity index (χ2n) is 3.05. The Hall–Kier alpha value is -1.07. The Morgan fingerprint density at radius 3 is 2.47 bits per heavy atom. The fourth-order valence-electron chi connectivity index (χ4n) is 1.25. The number of ether oxygens (including phenoxy) is 1. The predicted molar refractivity (Wildman–Crippen MR) is 48.2 cm³/mol. The van der Waals surface area contributed by atoms with Crippen molar-refractivity contribution >= 4 is 0 Å². The van der Waals surface area contributed by atoms with E-state index in [1.54, 1.807) is 0 Å². The highest BCUT2D eigenvalue weighted by atomic mass is 19.4. The van der Waals surface area contributed by atoms with Gasteiger partial charge in [0.15, 0.2) is 6.29 Å². The molecule has 0 aromatic heterocycles. The molecular formula is C10H11F3O2. The molecule has 5 heteroatoms. The Kier molecular flexibility index (Phi) is 3.71. The molecule has 1 rings (SSSR count). The van der Waals surface area contributed by atoms with Gasteiger partial charge in [0.25, 0.3) is 0 Å². The van der Waals surface area contributed by atoms with E-state index in [2.05, 4.69) is 4.74 Å². The van der Waals surface area contributed by atoms with Gasteiger partial charge in [-0.1, -0.05) is 18.2 Å². The number of halogens is 3. The fraction of sp³-hybridized carbons (Fsp3) is 0.400. The van der Waals surface area contributed by atoms with Gasteiger partial charge in [0.2, 0.25) is 0 Å². The lowest BCUT2D eigenvalue weighted by Crippen LogP contribution is -2.16. The van der Waals surface area contributed by atoms with Crippen molar-refractivity contribution in [3.05, 3.63) is 35.4 Å². The summed E-state index contributed by atoms with van der Waals surface area (Å²) in [5.74, 6) is 0. The Morgan fingerprint density at radius 1 is 1.33 bits per heavy atom. The molecule has 1 unspecified atom stereocenters. The first-order chi connectivity index (χ1) is 6.95. The molecule has 15 heavy (non-hydrogen) atoms. The van der Waals surface area contributed by atoms with E-state index in [0.29, 0.717) is 0 Å². The van der Waals surface area contributed by atoms with Crippen molar-refractivity contribution in [1.29, 1.82) is 0 Å². The van der Waals surface area contributed by atoms with Crippen LogP contribution in [0.15, 0.2) is 24.3 Å². The van der Waals surface area contributed by atoms with Gasteiger partial charge < -0.3 is 9.84 Å². The van der Waals surface area contributed by atoms with E-state index < -0.39 is 18.0 Å². The van der Waals surface area contributed by atoms with Gasteiger partial charge in [-0.25, -0.2) is 0 Å². The minimum absolute atomic E-state index is 0.0272. The average Bonchev–Trinajstić information content (AvgIpc) is 2.17. The number of aliphatic hydroxyl groups is 1. The molecule has 1 aromatic carbocycles. The highest BCUT2D eigenvalue weighted by molar-refractivity contribution is 5.29. The quantitative estimate of drug-likeness (QED) is 0.791. The zero-order valence-corrected chi connectivity index (χ0v) is 8.08. The second-order valence-corrected chi connectivity index (χ2v) is 3.05. The molecule has 2 nitrogen and oxygen atoms in total. The maximum Gasteiger partial charge on any atom is 0.416 e. The van der Waals surface area contributed by atoms with Crippen LogP contribution in [0.2, 0.25) is 0 Å². The lowest BCUT2D eigenvalue weighted by Gasteiger charge is -2.14. The Bertz CT molecular complexity index is 323. The van der Waals surface area contributed by atoms with Crippen LogP contribution in [0.4, 0.5) is 13.2 Å². The van der Waals surface area contributed by atoms with Gasteiger partial charge in [0, 0.05) is 13.5 Å². The van der Waals surface area contributed by atoms with E-state index >= 15 is 0 Å². The standard InChI is InChI=1S/C10H11F3O2/c1-15-9(14)6-7-4-2-3-5-8(7)10(11,12)13/h2-5,9,14H,6H2,1H3. The van der Waals surface area contributed by atoms with Crippen molar-refractivity contribution in [1.82, 2.24) is 0 Å². The van der Waals surface area contributed by atoms with Crippen molar-refractivity contribution in [2.75, 3.05) is 7.11 Å². The van der Waals surface area contributed by atoms with Gasteiger partial charge in [-0.3, -0.25) is 0 Å². The summed E-state index contributed by atoms with van der Waals surface area (Å²) in [5, 5.41) is 9.11. The van der Waals surface area contributed by atoms with Crippen molar-refractivity contribution in [2.24, 2.45) is 0 Å². The third-order valence-electron chi connectivity index (χ3n) is 1.99. The van der Waals surface area contributed by atoms with E-state index in [1.165, 1.54) is 25.3 Å². The summed E-state index contributed by atoms with van der Waals surface area (Å²) < 4.78 is 42.0. The molecule has 0 heterocycles. The van der Waals surface area contributed by atoms with Crippen LogP contribution in [-0.2, 0) is 17.3 Å². The first kappa shape index (κ1) is 12.0. The molecule has 0 spiro atoms. The second kappa shape index (κ2) is 4.63. The summed E-state index contributed by atoms with van der Waals surface area (Å²) in [7, 11) is 1.24. The van der Waals surface area contributed by atoms with Crippen LogP contribution in [0.3, 0.4) is 0 Å². The van der Waals surface area contributed by atoms with Gasteiger partial charge >= 0.3 is 6.18 Å². The summed E-state index contributed by atoms with van der Waals surface area (Å²) in [6.45, 7) is 0. The van der Waals surface area contributed by atoms with E-state index in [0.717, 1.165) is 6.07 Å². The topological polar surface area (TPSA) is 29.5 Å². The molecule has 0 fully saturated rings. The van der Waals surface area contributed by atoms with Crippen molar-refractivity contribution in [3.63, 3.8) is 0 Å². The number of hydrogen-bond donors (Lipinski definition) is 1. The normalized spacial score (nSPS) is 13.9. The summed E-state index contributed by atoms with van der Waals surface area (Å²) in [5.41, 5.74) is -0.708. The fourth-order valence-corrected chi connectivity index (χ4v) is 1.25. The first-order valence-electron chi connectivity index (χ1n) is 4.31. The molecule has 0 aliphatic carbocycles. The maximum atomic E-state index is 12.5. The van der Waals surface area contributed by atoms with Crippen molar-refractivity contribution < 1.29 is 23.0 Å². The monoisotopic (exact) mass is 220 g/mol. The van der Waals surface area contributed by atoms with Gasteiger partial charge in [-0.05, 0) is 11.6 Å². The predicted octanol–water partition coefficient (Wildman–Crippen LogP) is 2.21. The molecule has 0 saturated heterocycles. The van der Waals surface area contributed by atoms with Crippen LogP contribution >= 0.6 is 0 Å². The summed E-state index contributed by atoms with van der Waals surface area (Å²) in [6.07, 6.45) is -5.79. The Balaban J connectivity index is 2.97. The molecule has 0 aliphatic rings. The van der Waals surface area contributed by atoms with Crippen LogP contribution in [0.1, 0.15) is 11.1 Å². The molecule has 1 N–H and O–H groups in total. The smallest absolute Gasteiger partial charge is 0.368 e. The number of alkyl halides is 3. The zero-order chi connectivity index (χ0) is 11.5. The van der Waals surface area contributed by atoms with Crippen LogP contribution in [0.25, 0.3) is 0 Å². The largest absolute Gasteiger partial charge is 0.416 e. The number of hydrogen-bond acceptors (Lipinski definition) is 2. The molecule has 1 aromatic rings. The van der Waals surface area contributed by atoms with Gasteiger partial charge in [0.05, 0.1) is 5.56 Å². The minimum atomic E-state index is -4.40. The molecular weight excluding hydrogens is 209 g/mol. The van der Waals surface area contributed by atoms with E-state index in [-0.39, 0.29) is 12.0 Å². The minimum Gasteiger partial charge on any atom is -0.368 e. The maximum absolute atomic E-state index is 12.5. The van der Waals surface area contributed by atoms with Crippen molar-refractivity contribution in [3.8, 4) is 0 Å². The van der Waals surface area contributed by atoms with E-state index in [1.807, 2.05) is 0 Å². The van der Waals surface area contributed by atoms with E-state index in [4.69, 9.17) is 5.11 Å². The lowest BCUT2D eigenvalue weighted by atomic mass is 10.0. The van der Waals surface area contributed by atoms with Gasteiger partial charge in [-0.2, -0.15) is 13.2 Å². The zero-order valence-electron chi connectivity index (χ0n) is 8.08. The Labute approximate surface area is 85.3 Å². The van der Waals surface area contributed by atoms with E-state index in [9.17, 15) is 13.2 Å². The molecule has 84 valence electrons. The first-order valence-corrected chi connectivity index (χ1v) is 4.31. The number of aliphatic hydroxyl groups excluding tert-OH is 1. The van der Waals surface area contributed by atoms with Gasteiger partial charge in [-0.15, -0.1) is 0 Å². The van der Waals surface area contributed by atoms with Gasteiger partial charge in [0.1, 0.15) is 0 Å². The third-order valence-corrected chi connectivity index (χ3v) is 1.99.